The molecular formula is C29H56O14. The van der Waals surface area contributed by atoms with Crippen molar-refractivity contribution in [3.05, 3.63) is 0 Å². The van der Waals surface area contributed by atoms with Gasteiger partial charge in [0.05, 0.1) is 52.9 Å². The zero-order chi connectivity index (χ0) is 31.5. The zero-order valence-electron chi connectivity index (χ0n) is 25.5. The molecular weight excluding hydrogens is 572 g/mol. The number of aliphatic hydroxyl groups is 7. The molecule has 14 heteroatoms. The van der Waals surface area contributed by atoms with Gasteiger partial charge < -0.3 is 68.9 Å². The van der Waals surface area contributed by atoms with Crippen molar-refractivity contribution in [1.82, 2.24) is 0 Å². The SMILES string of the molecule is CCCCCCCCCCCOCCOCCOCCO[C@H]1O[C@H](CO)[C@@H](O[C@@H]2O[C@H](CO)[C@H](O)[C@H](O)[C@H]2O)[C@H](O)[C@H]1O. The van der Waals surface area contributed by atoms with Crippen LogP contribution in [0.3, 0.4) is 0 Å². The lowest BCUT2D eigenvalue weighted by Gasteiger charge is -2.45. The third kappa shape index (κ3) is 13.8. The molecule has 256 valence electrons. The quantitative estimate of drug-likeness (QED) is 0.0654. The summed E-state index contributed by atoms with van der Waals surface area (Å²) >= 11 is 0. The lowest BCUT2D eigenvalue weighted by atomic mass is 9.97. The summed E-state index contributed by atoms with van der Waals surface area (Å²) in [5.41, 5.74) is 0. The summed E-state index contributed by atoms with van der Waals surface area (Å²) in [6.45, 7) is 3.58. The average Bonchev–Trinajstić information content (AvgIpc) is 3.01. The van der Waals surface area contributed by atoms with Crippen molar-refractivity contribution in [3.8, 4) is 0 Å². The second kappa shape index (κ2) is 22.9. The smallest absolute Gasteiger partial charge is 0.187 e. The molecule has 10 atom stereocenters. The molecule has 0 aromatic heterocycles. The molecule has 2 aliphatic rings. The number of hydrogen-bond donors (Lipinski definition) is 7. The maximum Gasteiger partial charge on any atom is 0.187 e. The Morgan fingerprint density at radius 3 is 1.56 bits per heavy atom. The van der Waals surface area contributed by atoms with Crippen molar-refractivity contribution in [1.29, 1.82) is 0 Å². The third-order valence-corrected chi connectivity index (χ3v) is 7.61. The lowest BCUT2D eigenvalue weighted by Crippen LogP contribution is -2.64. The van der Waals surface area contributed by atoms with E-state index in [1.54, 1.807) is 0 Å². The minimum atomic E-state index is -1.73. The molecule has 43 heavy (non-hydrogen) atoms. The summed E-state index contributed by atoms with van der Waals surface area (Å²) in [4.78, 5) is 0. The van der Waals surface area contributed by atoms with Crippen LogP contribution in [0.4, 0.5) is 0 Å². The average molecular weight is 629 g/mol. The molecule has 0 aromatic carbocycles. The Hall–Kier alpha value is -0.560. The highest BCUT2D eigenvalue weighted by Crippen LogP contribution is 2.29. The summed E-state index contributed by atoms with van der Waals surface area (Å²) in [6, 6.07) is 0. The molecule has 0 spiro atoms. The van der Waals surface area contributed by atoms with E-state index < -0.39 is 74.6 Å². The number of unbranched alkanes of at least 4 members (excludes halogenated alkanes) is 8. The van der Waals surface area contributed by atoms with E-state index in [0.29, 0.717) is 26.4 Å². The van der Waals surface area contributed by atoms with Crippen molar-refractivity contribution in [2.45, 2.75) is 126 Å². The predicted octanol–water partition coefficient (Wildman–Crippen LogP) is -0.792. The van der Waals surface area contributed by atoms with E-state index in [1.807, 2.05) is 0 Å². The summed E-state index contributed by atoms with van der Waals surface area (Å²) in [6.07, 6.45) is -3.41. The second-order valence-corrected chi connectivity index (χ2v) is 11.0. The van der Waals surface area contributed by atoms with E-state index >= 15 is 0 Å². The molecule has 0 saturated carbocycles. The van der Waals surface area contributed by atoms with Gasteiger partial charge in [0.2, 0.25) is 0 Å². The fraction of sp³-hybridized carbons (Fsp3) is 1.00. The van der Waals surface area contributed by atoms with Gasteiger partial charge in [0, 0.05) is 6.61 Å². The van der Waals surface area contributed by atoms with Crippen LogP contribution in [0.2, 0.25) is 0 Å². The van der Waals surface area contributed by atoms with E-state index in [4.69, 9.17) is 33.2 Å². The first kappa shape index (κ1) is 38.6. The fourth-order valence-electron chi connectivity index (χ4n) is 4.97. The molecule has 2 heterocycles. The van der Waals surface area contributed by atoms with E-state index in [9.17, 15) is 35.7 Å². The molecule has 0 amide bonds. The number of hydrogen-bond acceptors (Lipinski definition) is 14. The van der Waals surface area contributed by atoms with Crippen molar-refractivity contribution in [3.63, 3.8) is 0 Å². The summed E-state index contributed by atoms with van der Waals surface area (Å²) < 4.78 is 38.4. The van der Waals surface area contributed by atoms with Gasteiger partial charge in [-0.05, 0) is 6.42 Å². The van der Waals surface area contributed by atoms with Crippen molar-refractivity contribution in [2.75, 3.05) is 59.5 Å². The molecule has 2 aliphatic heterocycles. The van der Waals surface area contributed by atoms with Crippen molar-refractivity contribution < 1.29 is 68.9 Å². The highest BCUT2D eigenvalue weighted by molar-refractivity contribution is 4.94. The Balaban J connectivity index is 1.52. The van der Waals surface area contributed by atoms with Gasteiger partial charge in [-0.25, -0.2) is 0 Å². The lowest BCUT2D eigenvalue weighted by molar-refractivity contribution is -0.359. The van der Waals surface area contributed by atoms with Crippen LogP contribution >= 0.6 is 0 Å². The monoisotopic (exact) mass is 628 g/mol. The van der Waals surface area contributed by atoms with Gasteiger partial charge in [0.1, 0.15) is 48.8 Å². The normalized spacial score (nSPS) is 33.2. The van der Waals surface area contributed by atoms with Gasteiger partial charge in [-0.2, -0.15) is 0 Å². The van der Waals surface area contributed by atoms with E-state index in [0.717, 1.165) is 13.0 Å². The zero-order valence-corrected chi connectivity index (χ0v) is 25.5. The van der Waals surface area contributed by atoms with Crippen molar-refractivity contribution >= 4 is 0 Å². The summed E-state index contributed by atoms with van der Waals surface area (Å²) in [7, 11) is 0. The standard InChI is InChI=1S/C29H56O14/c1-2-3-4-5-6-7-8-9-10-11-37-12-13-38-14-15-39-16-17-40-28-26(36)24(34)27(21(19-31)42-28)43-29-25(35)23(33)22(32)20(18-30)41-29/h20-36H,2-19H2,1H3/t20-,21-,22+,23+,24-,25-,26-,27-,28+,29+/m1/s1. The van der Waals surface area contributed by atoms with Crippen LogP contribution in [-0.4, -0.2) is 157 Å². The molecule has 2 fully saturated rings. The van der Waals surface area contributed by atoms with Crippen LogP contribution in [-0.2, 0) is 33.2 Å². The number of aliphatic hydroxyl groups excluding tert-OH is 7. The van der Waals surface area contributed by atoms with Gasteiger partial charge in [-0.3, -0.25) is 0 Å². The van der Waals surface area contributed by atoms with Gasteiger partial charge in [0.15, 0.2) is 12.6 Å². The molecule has 0 bridgehead atoms. The van der Waals surface area contributed by atoms with E-state index in [2.05, 4.69) is 6.92 Å². The van der Waals surface area contributed by atoms with Gasteiger partial charge >= 0.3 is 0 Å². The number of rotatable bonds is 24. The Labute approximate surface area is 254 Å². The topological polar surface area (TPSA) is 206 Å². The molecule has 7 N–H and O–H groups in total. The Morgan fingerprint density at radius 2 is 0.977 bits per heavy atom. The van der Waals surface area contributed by atoms with Crippen LogP contribution in [0.25, 0.3) is 0 Å². The second-order valence-electron chi connectivity index (χ2n) is 11.0. The van der Waals surface area contributed by atoms with Crippen LogP contribution in [0.15, 0.2) is 0 Å². The summed E-state index contributed by atoms with van der Waals surface area (Å²) in [5, 5.41) is 70.3. The van der Waals surface area contributed by atoms with Gasteiger partial charge in [-0.1, -0.05) is 58.3 Å². The summed E-state index contributed by atoms with van der Waals surface area (Å²) in [5.74, 6) is 0. The van der Waals surface area contributed by atoms with Crippen LogP contribution in [0.1, 0.15) is 64.7 Å². The highest BCUT2D eigenvalue weighted by Gasteiger charge is 2.50. The highest BCUT2D eigenvalue weighted by atomic mass is 16.7. The molecule has 2 rings (SSSR count). The molecule has 14 nitrogen and oxygen atoms in total. The Bertz CT molecular complexity index is 671. The Morgan fingerprint density at radius 1 is 0.488 bits per heavy atom. The van der Waals surface area contributed by atoms with Gasteiger partial charge in [0.25, 0.3) is 0 Å². The minimum Gasteiger partial charge on any atom is -0.394 e. The predicted molar refractivity (Wildman–Crippen MR) is 152 cm³/mol. The first-order valence-electron chi connectivity index (χ1n) is 15.8. The minimum absolute atomic E-state index is 0.0205. The Kier molecular flexibility index (Phi) is 20.5. The van der Waals surface area contributed by atoms with Gasteiger partial charge in [-0.15, -0.1) is 0 Å². The number of ether oxygens (including phenoxy) is 7. The van der Waals surface area contributed by atoms with Crippen LogP contribution < -0.4 is 0 Å². The molecule has 2 saturated heterocycles. The molecule has 0 unspecified atom stereocenters. The molecule has 0 aliphatic carbocycles. The first-order valence-corrected chi connectivity index (χ1v) is 15.8. The maximum absolute atomic E-state index is 10.6. The van der Waals surface area contributed by atoms with Crippen LogP contribution in [0, 0.1) is 0 Å². The maximum atomic E-state index is 10.6. The molecule has 0 radical (unpaired) electrons. The van der Waals surface area contributed by atoms with E-state index in [1.165, 1.54) is 51.4 Å². The fourth-order valence-corrected chi connectivity index (χ4v) is 4.97. The third-order valence-electron chi connectivity index (χ3n) is 7.61. The molecule has 0 aromatic rings. The first-order chi connectivity index (χ1) is 20.8. The van der Waals surface area contributed by atoms with Crippen molar-refractivity contribution in [2.24, 2.45) is 0 Å². The van der Waals surface area contributed by atoms with Crippen LogP contribution in [0.5, 0.6) is 0 Å². The largest absolute Gasteiger partial charge is 0.394 e. The van der Waals surface area contributed by atoms with E-state index in [-0.39, 0.29) is 13.2 Å².